The fraction of sp³-hybridized carbons (Fsp3) is 0.200. The fourth-order valence-electron chi connectivity index (χ4n) is 2.69. The van der Waals surface area contributed by atoms with Crippen LogP contribution in [-0.4, -0.2) is 5.11 Å². The van der Waals surface area contributed by atoms with Crippen LogP contribution in [0.5, 0.6) is 0 Å². The zero-order valence-corrected chi connectivity index (χ0v) is 9.61. The van der Waals surface area contributed by atoms with Crippen molar-refractivity contribution in [2.75, 3.05) is 0 Å². The predicted octanol–water partition coefficient (Wildman–Crippen LogP) is 3.53. The number of halogens is 2. The van der Waals surface area contributed by atoms with E-state index in [1.54, 1.807) is 18.2 Å². The smallest absolute Gasteiger partial charge is 0.129 e. The summed E-state index contributed by atoms with van der Waals surface area (Å²) in [4.78, 5) is 0. The lowest BCUT2D eigenvalue weighted by Crippen LogP contribution is -1.96. The van der Waals surface area contributed by atoms with Crippen LogP contribution < -0.4 is 0 Å². The van der Waals surface area contributed by atoms with Crippen molar-refractivity contribution in [3.8, 4) is 0 Å². The highest BCUT2D eigenvalue weighted by molar-refractivity contribution is 5.44. The molecule has 0 aromatic heterocycles. The first-order valence-electron chi connectivity index (χ1n) is 5.88. The van der Waals surface area contributed by atoms with Gasteiger partial charge in [-0.05, 0) is 35.7 Å². The van der Waals surface area contributed by atoms with E-state index in [-0.39, 0.29) is 17.6 Å². The van der Waals surface area contributed by atoms with Crippen LogP contribution in [0.25, 0.3) is 0 Å². The first-order valence-corrected chi connectivity index (χ1v) is 5.88. The van der Waals surface area contributed by atoms with Gasteiger partial charge in [-0.1, -0.05) is 24.3 Å². The van der Waals surface area contributed by atoms with Crippen LogP contribution in [0.3, 0.4) is 0 Å². The van der Waals surface area contributed by atoms with Crippen molar-refractivity contribution in [2.24, 2.45) is 0 Å². The molecule has 1 aliphatic carbocycles. The Bertz CT molecular complexity index is 578. The van der Waals surface area contributed by atoms with Gasteiger partial charge in [-0.3, -0.25) is 0 Å². The van der Waals surface area contributed by atoms with Gasteiger partial charge in [0.2, 0.25) is 0 Å². The molecule has 92 valence electrons. The Morgan fingerprint density at radius 1 is 1.00 bits per heavy atom. The van der Waals surface area contributed by atoms with Crippen molar-refractivity contribution < 1.29 is 13.9 Å². The molecule has 18 heavy (non-hydrogen) atoms. The molecule has 0 saturated heterocycles. The van der Waals surface area contributed by atoms with E-state index in [1.165, 1.54) is 18.2 Å². The van der Waals surface area contributed by atoms with Crippen molar-refractivity contribution in [3.63, 3.8) is 0 Å². The van der Waals surface area contributed by atoms with Gasteiger partial charge >= 0.3 is 0 Å². The zero-order chi connectivity index (χ0) is 12.7. The number of benzene rings is 2. The van der Waals surface area contributed by atoms with Crippen molar-refractivity contribution in [3.05, 3.63) is 70.8 Å². The third-order valence-corrected chi connectivity index (χ3v) is 3.53. The molecule has 0 saturated carbocycles. The van der Waals surface area contributed by atoms with E-state index in [0.717, 1.165) is 11.1 Å². The van der Waals surface area contributed by atoms with Crippen LogP contribution in [0.4, 0.5) is 8.78 Å². The third kappa shape index (κ3) is 1.71. The van der Waals surface area contributed by atoms with Crippen LogP contribution >= 0.6 is 0 Å². The molecule has 0 heterocycles. The van der Waals surface area contributed by atoms with E-state index in [9.17, 15) is 13.9 Å². The summed E-state index contributed by atoms with van der Waals surface area (Å²) in [6.45, 7) is 0. The number of aliphatic hydroxyl groups excluding tert-OH is 1. The molecule has 0 spiro atoms. The second kappa shape index (κ2) is 4.18. The molecular weight excluding hydrogens is 234 g/mol. The Hall–Kier alpha value is -1.74. The van der Waals surface area contributed by atoms with Gasteiger partial charge in [0.15, 0.2) is 0 Å². The molecule has 2 atom stereocenters. The molecule has 2 unspecified atom stereocenters. The van der Waals surface area contributed by atoms with Gasteiger partial charge < -0.3 is 5.11 Å². The maximum atomic E-state index is 13.7. The van der Waals surface area contributed by atoms with Gasteiger partial charge in [0.25, 0.3) is 0 Å². The third-order valence-electron chi connectivity index (χ3n) is 3.53. The SMILES string of the molecule is OC1CC(c2ccc(F)cc2)c2cccc(F)c21. The summed E-state index contributed by atoms with van der Waals surface area (Å²) >= 11 is 0. The van der Waals surface area contributed by atoms with E-state index in [2.05, 4.69) is 0 Å². The minimum atomic E-state index is -0.781. The molecule has 3 rings (SSSR count). The second-order valence-corrected chi connectivity index (χ2v) is 4.60. The molecule has 1 nitrogen and oxygen atoms in total. The summed E-state index contributed by atoms with van der Waals surface area (Å²) in [6.07, 6.45) is -0.335. The lowest BCUT2D eigenvalue weighted by atomic mass is 9.93. The maximum absolute atomic E-state index is 13.7. The van der Waals surface area contributed by atoms with Crippen LogP contribution in [0.15, 0.2) is 42.5 Å². The molecule has 1 aliphatic rings. The quantitative estimate of drug-likeness (QED) is 0.816. The van der Waals surface area contributed by atoms with Crippen LogP contribution in [0, 0.1) is 11.6 Å². The lowest BCUT2D eigenvalue weighted by molar-refractivity contribution is 0.172. The molecule has 1 N–H and O–H groups in total. The van der Waals surface area contributed by atoms with Crippen molar-refractivity contribution in [1.29, 1.82) is 0 Å². The normalized spacial score (nSPS) is 21.9. The van der Waals surface area contributed by atoms with Gasteiger partial charge in [-0.2, -0.15) is 0 Å². The molecule has 2 aromatic carbocycles. The molecule has 2 aromatic rings. The molecule has 0 radical (unpaired) electrons. The average molecular weight is 246 g/mol. The monoisotopic (exact) mass is 246 g/mol. The molecule has 0 aliphatic heterocycles. The standard InChI is InChI=1S/C15H12F2O/c16-10-6-4-9(5-7-10)12-8-14(18)15-11(12)2-1-3-13(15)17/h1-7,12,14,18H,8H2. The summed E-state index contributed by atoms with van der Waals surface area (Å²) < 4.78 is 26.6. The van der Waals surface area contributed by atoms with E-state index in [4.69, 9.17) is 0 Å². The number of aliphatic hydroxyl groups is 1. The molecule has 3 heteroatoms. The summed E-state index contributed by atoms with van der Waals surface area (Å²) in [7, 11) is 0. The summed E-state index contributed by atoms with van der Waals surface area (Å²) in [5, 5.41) is 9.93. The Morgan fingerprint density at radius 2 is 1.72 bits per heavy atom. The molecule has 0 amide bonds. The van der Waals surface area contributed by atoms with E-state index < -0.39 is 6.10 Å². The van der Waals surface area contributed by atoms with Gasteiger partial charge in [0, 0.05) is 11.5 Å². The molecule has 0 bridgehead atoms. The Morgan fingerprint density at radius 3 is 2.44 bits per heavy atom. The van der Waals surface area contributed by atoms with Gasteiger partial charge in [-0.25, -0.2) is 8.78 Å². The maximum Gasteiger partial charge on any atom is 0.129 e. The highest BCUT2D eigenvalue weighted by atomic mass is 19.1. The summed E-state index contributed by atoms with van der Waals surface area (Å²) in [6, 6.07) is 11.0. The summed E-state index contributed by atoms with van der Waals surface area (Å²) in [5.41, 5.74) is 2.08. The van der Waals surface area contributed by atoms with E-state index in [0.29, 0.717) is 12.0 Å². The van der Waals surface area contributed by atoms with Gasteiger partial charge in [0.1, 0.15) is 11.6 Å². The van der Waals surface area contributed by atoms with Gasteiger partial charge in [0.05, 0.1) is 6.10 Å². The average Bonchev–Trinajstić information content (AvgIpc) is 2.69. The van der Waals surface area contributed by atoms with Crippen molar-refractivity contribution >= 4 is 0 Å². The fourth-order valence-corrected chi connectivity index (χ4v) is 2.69. The van der Waals surface area contributed by atoms with E-state index >= 15 is 0 Å². The number of hydrogen-bond acceptors (Lipinski definition) is 1. The minimum absolute atomic E-state index is 0.0636. The number of fused-ring (bicyclic) bond motifs is 1. The van der Waals surface area contributed by atoms with Crippen LogP contribution in [0.1, 0.15) is 35.1 Å². The first-order chi connectivity index (χ1) is 8.66. The lowest BCUT2D eigenvalue weighted by Gasteiger charge is -2.11. The Labute approximate surface area is 104 Å². The topological polar surface area (TPSA) is 20.2 Å². The van der Waals surface area contributed by atoms with Crippen molar-refractivity contribution in [1.82, 2.24) is 0 Å². The van der Waals surface area contributed by atoms with E-state index in [1.807, 2.05) is 6.07 Å². The Balaban J connectivity index is 2.08. The minimum Gasteiger partial charge on any atom is -0.388 e. The predicted molar refractivity (Wildman–Crippen MR) is 64.2 cm³/mol. The molecule has 0 fully saturated rings. The van der Waals surface area contributed by atoms with Crippen LogP contribution in [-0.2, 0) is 0 Å². The highest BCUT2D eigenvalue weighted by Crippen LogP contribution is 2.44. The van der Waals surface area contributed by atoms with Gasteiger partial charge in [-0.15, -0.1) is 0 Å². The van der Waals surface area contributed by atoms with Crippen LogP contribution in [0.2, 0.25) is 0 Å². The zero-order valence-electron chi connectivity index (χ0n) is 9.61. The molecular formula is C15H12F2O. The summed E-state index contributed by atoms with van der Waals surface area (Å²) in [5.74, 6) is -0.729. The van der Waals surface area contributed by atoms with Crippen molar-refractivity contribution in [2.45, 2.75) is 18.4 Å². The largest absolute Gasteiger partial charge is 0.388 e. The number of hydrogen-bond donors (Lipinski definition) is 1. The Kier molecular flexibility index (Phi) is 2.63. The first kappa shape index (κ1) is 11.4. The second-order valence-electron chi connectivity index (χ2n) is 4.60. The highest BCUT2D eigenvalue weighted by Gasteiger charge is 2.32. The number of rotatable bonds is 1.